The number of carbonyl (C=O) groups excluding carboxylic acids is 1. The Morgan fingerprint density at radius 3 is 1.85 bits per heavy atom. The maximum atomic E-state index is 11.6. The third kappa shape index (κ3) is 4.52. The Morgan fingerprint density at radius 2 is 1.42 bits per heavy atom. The average Bonchev–Trinajstić information content (AvgIpc) is 2.60. The second-order valence-corrected chi connectivity index (χ2v) is 7.32. The lowest BCUT2D eigenvalue weighted by Gasteiger charge is -2.38. The van der Waals surface area contributed by atoms with E-state index in [0.29, 0.717) is 11.0 Å². The highest BCUT2D eigenvalue weighted by atomic mass is 16.5. The molecule has 0 spiro atoms. The van der Waals surface area contributed by atoms with Gasteiger partial charge < -0.3 is 20.1 Å². The van der Waals surface area contributed by atoms with Crippen LogP contribution in [0.2, 0.25) is 0 Å². The number of rotatable bonds is 6. The van der Waals surface area contributed by atoms with Crippen molar-refractivity contribution in [3.05, 3.63) is 54.1 Å². The number of carbonyl (C=O) groups is 1. The summed E-state index contributed by atoms with van der Waals surface area (Å²) >= 11 is 0. The molecule has 0 saturated carbocycles. The molecule has 2 aromatic rings. The van der Waals surface area contributed by atoms with E-state index in [4.69, 9.17) is 4.65 Å². The normalized spacial score (nSPS) is 12.0. The number of nitrogens with one attached hydrogen (secondary N) is 1. The monoisotopic (exact) mass is 355 g/mol. The summed E-state index contributed by atoms with van der Waals surface area (Å²) in [6, 6.07) is 14.6. The minimum atomic E-state index is -1.14. The van der Waals surface area contributed by atoms with Crippen LogP contribution in [0.15, 0.2) is 48.5 Å². The van der Waals surface area contributed by atoms with Crippen LogP contribution in [0.25, 0.3) is 11.1 Å². The lowest BCUT2D eigenvalue weighted by Crippen LogP contribution is -2.53. The van der Waals surface area contributed by atoms with Gasteiger partial charge in [-0.15, -0.1) is 0 Å². The van der Waals surface area contributed by atoms with Gasteiger partial charge in [0.2, 0.25) is 0 Å². The zero-order valence-corrected chi connectivity index (χ0v) is 15.9. The lowest BCUT2D eigenvalue weighted by atomic mass is 9.76. The van der Waals surface area contributed by atoms with Crippen molar-refractivity contribution in [1.82, 2.24) is 5.32 Å². The summed E-state index contributed by atoms with van der Waals surface area (Å²) in [5.74, 6) is -0.124. The largest absolute Gasteiger partial charge is 0.491 e. The summed E-state index contributed by atoms with van der Waals surface area (Å²) in [5, 5.41) is 23.1. The SMILES string of the molecule is CNC(=O)c1ccc(-c2ccc(B(O)OC(C)(C)C(C)(C)O)cc2)cc1. The Morgan fingerprint density at radius 1 is 0.962 bits per heavy atom. The van der Waals surface area contributed by atoms with Crippen LogP contribution in [0.5, 0.6) is 0 Å². The Bertz CT molecular complexity index is 749. The first-order valence-electron chi connectivity index (χ1n) is 8.56. The minimum absolute atomic E-state index is 0.124. The van der Waals surface area contributed by atoms with Gasteiger partial charge in [-0.1, -0.05) is 36.4 Å². The van der Waals surface area contributed by atoms with Crippen molar-refractivity contribution in [2.45, 2.75) is 38.9 Å². The Kier molecular flexibility index (Phi) is 5.91. The zero-order valence-electron chi connectivity index (χ0n) is 15.9. The number of hydrogen-bond donors (Lipinski definition) is 3. The van der Waals surface area contributed by atoms with Gasteiger partial charge in [-0.3, -0.25) is 4.79 Å². The van der Waals surface area contributed by atoms with Gasteiger partial charge in [-0.25, -0.2) is 0 Å². The smallest absolute Gasteiger partial charge is 0.423 e. The van der Waals surface area contributed by atoms with E-state index in [1.807, 2.05) is 24.3 Å². The Balaban J connectivity index is 2.14. The molecule has 0 heterocycles. The summed E-state index contributed by atoms with van der Waals surface area (Å²) in [5.41, 5.74) is 1.13. The fourth-order valence-corrected chi connectivity index (χ4v) is 2.29. The molecule has 2 rings (SSSR count). The Labute approximate surface area is 155 Å². The molecule has 0 unspecified atom stereocenters. The average molecular weight is 355 g/mol. The predicted molar refractivity (Wildman–Crippen MR) is 104 cm³/mol. The van der Waals surface area contributed by atoms with E-state index in [1.54, 1.807) is 59.0 Å². The summed E-state index contributed by atoms with van der Waals surface area (Å²) in [7, 11) is 0.461. The van der Waals surface area contributed by atoms with Crippen molar-refractivity contribution in [2.24, 2.45) is 0 Å². The first-order valence-corrected chi connectivity index (χ1v) is 8.56. The van der Waals surface area contributed by atoms with E-state index in [0.717, 1.165) is 11.1 Å². The van der Waals surface area contributed by atoms with Crippen molar-refractivity contribution < 1.29 is 19.6 Å². The molecule has 0 aliphatic carbocycles. The van der Waals surface area contributed by atoms with Gasteiger partial charge in [0.1, 0.15) is 0 Å². The number of aliphatic hydroxyl groups is 1. The molecule has 0 fully saturated rings. The van der Waals surface area contributed by atoms with Crippen molar-refractivity contribution in [3.63, 3.8) is 0 Å². The molecule has 1 amide bonds. The summed E-state index contributed by atoms with van der Waals surface area (Å²) < 4.78 is 5.65. The second kappa shape index (κ2) is 7.62. The van der Waals surface area contributed by atoms with Gasteiger partial charge in [0.05, 0.1) is 11.2 Å². The molecule has 26 heavy (non-hydrogen) atoms. The van der Waals surface area contributed by atoms with Gasteiger partial charge >= 0.3 is 7.12 Å². The molecule has 6 heteroatoms. The van der Waals surface area contributed by atoms with Gasteiger partial charge in [0.15, 0.2) is 0 Å². The standard InChI is InChI=1S/C20H26BNO4/c1-19(2,24)20(3,4)26-21(25)17-12-10-15(11-13-17)14-6-8-16(9-7-14)18(23)22-5/h6-13,24-25H,1-5H3,(H,22,23). The van der Waals surface area contributed by atoms with Crippen molar-refractivity contribution in [3.8, 4) is 11.1 Å². The molecule has 0 aromatic heterocycles. The van der Waals surface area contributed by atoms with Crippen molar-refractivity contribution in [2.75, 3.05) is 7.05 Å². The number of hydrogen-bond acceptors (Lipinski definition) is 4. The van der Waals surface area contributed by atoms with E-state index in [1.165, 1.54) is 0 Å². The maximum absolute atomic E-state index is 11.6. The molecular formula is C20H26BNO4. The fourth-order valence-electron chi connectivity index (χ4n) is 2.29. The highest BCUT2D eigenvalue weighted by molar-refractivity contribution is 6.60. The number of benzene rings is 2. The van der Waals surface area contributed by atoms with Crippen LogP contribution in [0, 0.1) is 0 Å². The van der Waals surface area contributed by atoms with Gasteiger partial charge in [-0.05, 0) is 56.4 Å². The summed E-state index contributed by atoms with van der Waals surface area (Å²) in [6.07, 6.45) is 0. The van der Waals surface area contributed by atoms with Crippen LogP contribution in [-0.2, 0) is 4.65 Å². The quantitative estimate of drug-likeness (QED) is 0.693. The molecule has 0 aliphatic rings. The molecule has 0 aliphatic heterocycles. The second-order valence-electron chi connectivity index (χ2n) is 7.32. The van der Waals surface area contributed by atoms with E-state index in [9.17, 15) is 14.9 Å². The van der Waals surface area contributed by atoms with Crippen LogP contribution in [0.3, 0.4) is 0 Å². The predicted octanol–water partition coefficient (Wildman–Crippen LogP) is 1.97. The van der Waals surface area contributed by atoms with Crippen molar-refractivity contribution in [1.29, 1.82) is 0 Å². The minimum Gasteiger partial charge on any atom is -0.423 e. The van der Waals surface area contributed by atoms with Crippen molar-refractivity contribution >= 4 is 18.5 Å². The molecule has 3 N–H and O–H groups in total. The highest BCUT2D eigenvalue weighted by Crippen LogP contribution is 2.25. The molecule has 5 nitrogen and oxygen atoms in total. The van der Waals surface area contributed by atoms with E-state index in [2.05, 4.69) is 5.32 Å². The maximum Gasteiger partial charge on any atom is 0.491 e. The van der Waals surface area contributed by atoms with Gasteiger partial charge in [0.25, 0.3) is 5.91 Å². The van der Waals surface area contributed by atoms with Crippen LogP contribution < -0.4 is 10.8 Å². The topological polar surface area (TPSA) is 78.8 Å². The molecule has 0 saturated heterocycles. The third-order valence-electron chi connectivity index (χ3n) is 4.78. The molecule has 0 radical (unpaired) electrons. The van der Waals surface area contributed by atoms with E-state index >= 15 is 0 Å². The van der Waals surface area contributed by atoms with E-state index in [-0.39, 0.29) is 5.91 Å². The van der Waals surface area contributed by atoms with E-state index < -0.39 is 18.3 Å². The molecular weight excluding hydrogens is 329 g/mol. The van der Waals surface area contributed by atoms with Gasteiger partial charge in [0, 0.05) is 12.6 Å². The van der Waals surface area contributed by atoms with Gasteiger partial charge in [-0.2, -0.15) is 0 Å². The first-order chi connectivity index (χ1) is 12.0. The Hall–Kier alpha value is -2.15. The molecule has 0 atom stereocenters. The molecule has 0 bridgehead atoms. The van der Waals surface area contributed by atoms with Crippen LogP contribution >= 0.6 is 0 Å². The van der Waals surface area contributed by atoms with Crippen LogP contribution in [-0.4, -0.2) is 41.4 Å². The lowest BCUT2D eigenvalue weighted by molar-refractivity contribution is -0.0982. The third-order valence-corrected chi connectivity index (χ3v) is 4.78. The van der Waals surface area contributed by atoms with Crippen LogP contribution in [0.1, 0.15) is 38.1 Å². The summed E-state index contributed by atoms with van der Waals surface area (Å²) in [6.45, 7) is 6.76. The zero-order chi connectivity index (χ0) is 19.5. The molecule has 138 valence electrons. The summed E-state index contributed by atoms with van der Waals surface area (Å²) in [4.78, 5) is 11.6. The highest BCUT2D eigenvalue weighted by Gasteiger charge is 2.39. The molecule has 2 aromatic carbocycles. The fraction of sp³-hybridized carbons (Fsp3) is 0.350. The first kappa shape index (κ1) is 20.2. The van der Waals surface area contributed by atoms with Crippen LogP contribution in [0.4, 0.5) is 0 Å². The number of amides is 1.